The van der Waals surface area contributed by atoms with Crippen molar-refractivity contribution in [3.8, 4) is 17.0 Å². The van der Waals surface area contributed by atoms with E-state index in [1.54, 1.807) is 31.2 Å². The van der Waals surface area contributed by atoms with Crippen LogP contribution in [0.5, 0.6) is 5.75 Å². The van der Waals surface area contributed by atoms with Gasteiger partial charge in [-0.3, -0.25) is 14.9 Å². The molecule has 6 nitrogen and oxygen atoms in total. The summed E-state index contributed by atoms with van der Waals surface area (Å²) in [4.78, 5) is 29.7. The lowest BCUT2D eigenvalue weighted by molar-refractivity contribution is -0.122. The third kappa shape index (κ3) is 3.58. The predicted octanol–water partition coefficient (Wildman–Crippen LogP) is 4.74. The van der Waals surface area contributed by atoms with Crippen LogP contribution < -0.4 is 15.4 Å². The highest BCUT2D eigenvalue weighted by Crippen LogP contribution is 2.37. The van der Waals surface area contributed by atoms with Crippen molar-refractivity contribution < 1.29 is 14.3 Å². The second-order valence-electron chi connectivity index (χ2n) is 6.35. The molecule has 0 bridgehead atoms. The van der Waals surface area contributed by atoms with E-state index in [4.69, 9.17) is 16.3 Å². The van der Waals surface area contributed by atoms with E-state index in [0.29, 0.717) is 27.2 Å². The molecule has 8 heteroatoms. The highest BCUT2D eigenvalue weighted by molar-refractivity contribution is 7.16. The standard InChI is InChI=1S/C20H16ClN3O3S/c1-10-18(25)22-15-9-13(5-8-16(15)27-10)17-11(2)28-20(23-17)24-19(26)12-3-6-14(21)7-4-12/h3-10H,1-2H3,(H,22,25)(H,23,24,26)/t10-/m0/s1. The average Bonchev–Trinajstić information content (AvgIpc) is 3.03. The molecule has 1 aliphatic rings. The van der Waals surface area contributed by atoms with Crippen LogP contribution in [0.4, 0.5) is 10.8 Å². The molecule has 142 valence electrons. The van der Waals surface area contributed by atoms with E-state index in [2.05, 4.69) is 15.6 Å². The molecule has 28 heavy (non-hydrogen) atoms. The van der Waals surface area contributed by atoms with E-state index >= 15 is 0 Å². The van der Waals surface area contributed by atoms with E-state index in [-0.39, 0.29) is 11.8 Å². The Kier molecular flexibility index (Phi) is 4.78. The number of ether oxygens (including phenoxy) is 1. The summed E-state index contributed by atoms with van der Waals surface area (Å²) in [5, 5.41) is 6.72. The number of carbonyl (C=O) groups excluding carboxylic acids is 2. The summed E-state index contributed by atoms with van der Waals surface area (Å²) in [5.74, 6) is 0.188. The number of aromatic nitrogens is 1. The van der Waals surface area contributed by atoms with Crippen molar-refractivity contribution in [2.75, 3.05) is 10.6 Å². The third-order valence-corrected chi connectivity index (χ3v) is 5.45. The first-order valence-corrected chi connectivity index (χ1v) is 9.76. The Balaban J connectivity index is 1.58. The smallest absolute Gasteiger partial charge is 0.265 e. The van der Waals surface area contributed by atoms with Gasteiger partial charge in [0.2, 0.25) is 0 Å². The number of anilines is 2. The van der Waals surface area contributed by atoms with Crippen LogP contribution in [0.2, 0.25) is 5.02 Å². The molecule has 0 fully saturated rings. The van der Waals surface area contributed by atoms with Crippen LogP contribution in [0.3, 0.4) is 0 Å². The van der Waals surface area contributed by atoms with Crippen LogP contribution in [-0.2, 0) is 4.79 Å². The number of thiazole rings is 1. The van der Waals surface area contributed by atoms with Gasteiger partial charge >= 0.3 is 0 Å². The summed E-state index contributed by atoms with van der Waals surface area (Å²) in [5.41, 5.74) is 2.69. The fourth-order valence-corrected chi connectivity index (χ4v) is 3.80. The monoisotopic (exact) mass is 413 g/mol. The van der Waals surface area contributed by atoms with Crippen LogP contribution in [0, 0.1) is 6.92 Å². The Morgan fingerprint density at radius 1 is 1.25 bits per heavy atom. The van der Waals surface area contributed by atoms with E-state index in [9.17, 15) is 9.59 Å². The van der Waals surface area contributed by atoms with E-state index in [1.807, 2.05) is 25.1 Å². The molecule has 1 aromatic heterocycles. The molecule has 2 amide bonds. The van der Waals surface area contributed by atoms with Gasteiger partial charge in [-0.1, -0.05) is 11.6 Å². The Bertz CT molecular complexity index is 1080. The summed E-state index contributed by atoms with van der Waals surface area (Å²) in [6.45, 7) is 3.63. The number of amides is 2. The van der Waals surface area contributed by atoms with Gasteiger partial charge in [-0.15, -0.1) is 11.3 Å². The summed E-state index contributed by atoms with van der Waals surface area (Å²) in [6.07, 6.45) is -0.519. The Morgan fingerprint density at radius 2 is 2.00 bits per heavy atom. The van der Waals surface area contributed by atoms with Crippen molar-refractivity contribution in [1.29, 1.82) is 0 Å². The molecule has 0 radical (unpaired) electrons. The van der Waals surface area contributed by atoms with Gasteiger partial charge in [-0.25, -0.2) is 4.98 Å². The molecule has 0 saturated carbocycles. The number of carbonyl (C=O) groups is 2. The predicted molar refractivity (Wildman–Crippen MR) is 110 cm³/mol. The minimum absolute atomic E-state index is 0.185. The molecule has 0 spiro atoms. The van der Waals surface area contributed by atoms with Gasteiger partial charge in [0.05, 0.1) is 11.4 Å². The minimum Gasteiger partial charge on any atom is -0.479 e. The van der Waals surface area contributed by atoms with Gasteiger partial charge in [0.15, 0.2) is 11.2 Å². The van der Waals surface area contributed by atoms with Gasteiger partial charge in [0.25, 0.3) is 11.8 Å². The molecule has 1 aliphatic heterocycles. The molecule has 0 saturated heterocycles. The maximum absolute atomic E-state index is 12.4. The van der Waals surface area contributed by atoms with Crippen molar-refractivity contribution >= 4 is 45.6 Å². The topological polar surface area (TPSA) is 80.3 Å². The normalized spacial score (nSPS) is 15.4. The summed E-state index contributed by atoms with van der Waals surface area (Å²) < 4.78 is 5.58. The zero-order valence-corrected chi connectivity index (χ0v) is 16.6. The molecule has 1 atom stereocenters. The molecule has 2 aromatic carbocycles. The first kappa shape index (κ1) is 18.5. The minimum atomic E-state index is -0.519. The molecule has 2 heterocycles. The largest absolute Gasteiger partial charge is 0.479 e. The average molecular weight is 414 g/mol. The Morgan fingerprint density at radius 3 is 2.75 bits per heavy atom. The van der Waals surface area contributed by atoms with Gasteiger partial charge in [0.1, 0.15) is 5.75 Å². The number of rotatable bonds is 3. The van der Waals surface area contributed by atoms with Gasteiger partial charge < -0.3 is 10.1 Å². The maximum Gasteiger partial charge on any atom is 0.265 e. The number of fused-ring (bicyclic) bond motifs is 1. The number of hydrogen-bond donors (Lipinski definition) is 2. The Hall–Kier alpha value is -2.90. The molecule has 2 N–H and O–H groups in total. The second kappa shape index (κ2) is 7.26. The molecule has 0 unspecified atom stereocenters. The fourth-order valence-electron chi connectivity index (χ4n) is 2.84. The van der Waals surface area contributed by atoms with Crippen LogP contribution in [-0.4, -0.2) is 22.9 Å². The number of hydrogen-bond acceptors (Lipinski definition) is 5. The van der Waals surface area contributed by atoms with E-state index < -0.39 is 6.10 Å². The fraction of sp³-hybridized carbons (Fsp3) is 0.150. The Labute approximate surface area is 170 Å². The quantitative estimate of drug-likeness (QED) is 0.649. The third-order valence-electron chi connectivity index (χ3n) is 4.31. The maximum atomic E-state index is 12.4. The van der Waals surface area contributed by atoms with Crippen molar-refractivity contribution in [2.45, 2.75) is 20.0 Å². The molecule has 3 aromatic rings. The van der Waals surface area contributed by atoms with Crippen LogP contribution in [0.25, 0.3) is 11.3 Å². The van der Waals surface area contributed by atoms with Gasteiger partial charge in [0, 0.05) is 21.0 Å². The number of nitrogens with one attached hydrogen (secondary N) is 2. The second-order valence-corrected chi connectivity index (χ2v) is 7.98. The summed E-state index contributed by atoms with van der Waals surface area (Å²) in [7, 11) is 0. The molecular weight excluding hydrogens is 398 g/mol. The highest BCUT2D eigenvalue weighted by Gasteiger charge is 2.24. The van der Waals surface area contributed by atoms with Crippen molar-refractivity contribution in [1.82, 2.24) is 4.98 Å². The number of benzene rings is 2. The highest BCUT2D eigenvalue weighted by atomic mass is 35.5. The number of aryl methyl sites for hydroxylation is 1. The first-order chi connectivity index (χ1) is 13.4. The van der Waals surface area contributed by atoms with E-state index in [1.165, 1.54) is 11.3 Å². The summed E-state index contributed by atoms with van der Waals surface area (Å²) in [6, 6.07) is 12.2. The lowest BCUT2D eigenvalue weighted by Crippen LogP contribution is -2.34. The zero-order valence-electron chi connectivity index (χ0n) is 15.1. The van der Waals surface area contributed by atoms with Crippen LogP contribution in [0.1, 0.15) is 22.2 Å². The van der Waals surface area contributed by atoms with Crippen LogP contribution in [0.15, 0.2) is 42.5 Å². The number of nitrogens with zero attached hydrogens (tertiary/aromatic N) is 1. The first-order valence-electron chi connectivity index (χ1n) is 8.57. The van der Waals surface area contributed by atoms with Crippen molar-refractivity contribution in [3.05, 3.63) is 57.9 Å². The molecular formula is C20H16ClN3O3S. The molecule has 4 rings (SSSR count). The summed E-state index contributed by atoms with van der Waals surface area (Å²) >= 11 is 7.24. The van der Waals surface area contributed by atoms with Gasteiger partial charge in [-0.05, 0) is 56.3 Å². The zero-order chi connectivity index (χ0) is 19.8. The molecule has 0 aliphatic carbocycles. The van der Waals surface area contributed by atoms with Crippen molar-refractivity contribution in [3.63, 3.8) is 0 Å². The SMILES string of the molecule is Cc1sc(NC(=O)c2ccc(Cl)cc2)nc1-c1ccc2c(c1)NC(=O)[C@H](C)O2. The van der Waals surface area contributed by atoms with Crippen LogP contribution >= 0.6 is 22.9 Å². The lowest BCUT2D eigenvalue weighted by atomic mass is 10.1. The van der Waals surface area contributed by atoms with E-state index in [0.717, 1.165) is 16.1 Å². The number of halogens is 1. The van der Waals surface area contributed by atoms with Gasteiger partial charge in [-0.2, -0.15) is 0 Å². The van der Waals surface area contributed by atoms with Crippen molar-refractivity contribution in [2.24, 2.45) is 0 Å². The lowest BCUT2D eigenvalue weighted by Gasteiger charge is -2.23.